The third-order valence-electron chi connectivity index (χ3n) is 4.25. The summed E-state index contributed by atoms with van der Waals surface area (Å²) >= 11 is 0. The van der Waals surface area contributed by atoms with E-state index >= 15 is 0 Å². The Bertz CT molecular complexity index is 473. The number of rotatable bonds is 6. The van der Waals surface area contributed by atoms with E-state index in [2.05, 4.69) is 34.5 Å². The summed E-state index contributed by atoms with van der Waals surface area (Å²) in [6.07, 6.45) is 3.26. The lowest BCUT2D eigenvalue weighted by atomic mass is 10.3. The number of guanidine groups is 1. The Morgan fingerprint density at radius 1 is 1.38 bits per heavy atom. The van der Waals surface area contributed by atoms with Crippen molar-refractivity contribution in [3.05, 3.63) is 0 Å². The first-order valence-electron chi connectivity index (χ1n) is 7.88. The van der Waals surface area contributed by atoms with Gasteiger partial charge in [0.2, 0.25) is 0 Å². The first-order valence-corrected chi connectivity index (χ1v) is 9.70. The molecule has 1 heterocycles. The molecule has 0 aromatic heterocycles. The smallest absolute Gasteiger partial charge is 0.191 e. The van der Waals surface area contributed by atoms with Crippen LogP contribution < -0.4 is 10.6 Å². The maximum atomic E-state index is 11.5. The van der Waals surface area contributed by atoms with Crippen LogP contribution >= 0.6 is 0 Å². The summed E-state index contributed by atoms with van der Waals surface area (Å²) in [4.78, 5) is 7.00. The molecule has 0 aromatic carbocycles. The van der Waals surface area contributed by atoms with Crippen LogP contribution in [0.25, 0.3) is 0 Å². The van der Waals surface area contributed by atoms with Gasteiger partial charge in [-0.3, -0.25) is 9.89 Å². The second kappa shape index (κ2) is 6.96. The van der Waals surface area contributed by atoms with Gasteiger partial charge in [0.1, 0.15) is 0 Å². The van der Waals surface area contributed by atoms with Crippen molar-refractivity contribution >= 4 is 15.8 Å². The zero-order valence-corrected chi connectivity index (χ0v) is 14.1. The van der Waals surface area contributed by atoms with Crippen molar-refractivity contribution in [1.29, 1.82) is 0 Å². The molecular formula is C14H28N4O2S. The van der Waals surface area contributed by atoms with Gasteiger partial charge in [0.15, 0.2) is 15.8 Å². The van der Waals surface area contributed by atoms with E-state index in [0.717, 1.165) is 25.1 Å². The summed E-state index contributed by atoms with van der Waals surface area (Å²) in [5, 5.41) is 6.45. The molecule has 2 N–H and O–H groups in total. The van der Waals surface area contributed by atoms with Crippen molar-refractivity contribution < 1.29 is 8.42 Å². The van der Waals surface area contributed by atoms with Gasteiger partial charge in [-0.25, -0.2) is 8.42 Å². The molecule has 0 bridgehead atoms. The van der Waals surface area contributed by atoms with Gasteiger partial charge in [0.05, 0.1) is 18.1 Å². The van der Waals surface area contributed by atoms with Crippen LogP contribution in [0.1, 0.15) is 33.1 Å². The zero-order chi connectivity index (χ0) is 15.5. The molecule has 21 heavy (non-hydrogen) atoms. The zero-order valence-electron chi connectivity index (χ0n) is 13.3. The summed E-state index contributed by atoms with van der Waals surface area (Å²) < 4.78 is 23.0. The predicted octanol–water partition coefficient (Wildman–Crippen LogP) is 0.211. The average Bonchev–Trinajstić information content (AvgIpc) is 3.20. The molecule has 1 saturated heterocycles. The van der Waals surface area contributed by atoms with E-state index in [1.54, 1.807) is 0 Å². The van der Waals surface area contributed by atoms with Crippen molar-refractivity contribution in [1.82, 2.24) is 15.5 Å². The highest BCUT2D eigenvalue weighted by molar-refractivity contribution is 7.91. The molecule has 2 fully saturated rings. The molecule has 0 spiro atoms. The third-order valence-corrected chi connectivity index (χ3v) is 6.02. The highest BCUT2D eigenvalue weighted by Gasteiger charge is 2.30. The lowest BCUT2D eigenvalue weighted by Gasteiger charge is -2.23. The number of hydrogen-bond donors (Lipinski definition) is 2. The summed E-state index contributed by atoms with van der Waals surface area (Å²) in [5.41, 5.74) is 0. The van der Waals surface area contributed by atoms with E-state index in [0.29, 0.717) is 12.5 Å². The fraction of sp³-hybridized carbons (Fsp3) is 0.929. The third kappa shape index (κ3) is 5.14. The Balaban J connectivity index is 1.86. The maximum absolute atomic E-state index is 11.5. The second-order valence-corrected chi connectivity index (χ2v) is 8.44. The van der Waals surface area contributed by atoms with E-state index in [9.17, 15) is 8.42 Å². The van der Waals surface area contributed by atoms with Crippen LogP contribution in [-0.4, -0.2) is 69.0 Å². The van der Waals surface area contributed by atoms with Gasteiger partial charge in [-0.2, -0.15) is 0 Å². The van der Waals surface area contributed by atoms with Crippen molar-refractivity contribution in [2.24, 2.45) is 4.99 Å². The van der Waals surface area contributed by atoms with E-state index in [4.69, 9.17) is 0 Å². The molecule has 2 aliphatic rings. The van der Waals surface area contributed by atoms with Crippen LogP contribution in [0.5, 0.6) is 0 Å². The van der Waals surface area contributed by atoms with E-state index in [1.807, 2.05) is 6.92 Å². The minimum Gasteiger partial charge on any atom is -0.357 e. The van der Waals surface area contributed by atoms with Gasteiger partial charge >= 0.3 is 0 Å². The molecular weight excluding hydrogens is 288 g/mol. The fourth-order valence-corrected chi connectivity index (χ4v) is 4.29. The lowest BCUT2D eigenvalue weighted by molar-refractivity contribution is 0.253. The van der Waals surface area contributed by atoms with Gasteiger partial charge in [0, 0.05) is 24.7 Å². The minimum atomic E-state index is -2.86. The van der Waals surface area contributed by atoms with Crippen LogP contribution in [0.4, 0.5) is 0 Å². The number of sulfone groups is 1. The molecule has 0 radical (unpaired) electrons. The molecule has 1 aliphatic heterocycles. The van der Waals surface area contributed by atoms with Crippen molar-refractivity contribution in [2.45, 2.75) is 51.2 Å². The summed E-state index contributed by atoms with van der Waals surface area (Å²) in [7, 11) is -0.703. The maximum Gasteiger partial charge on any atom is 0.191 e. The topological polar surface area (TPSA) is 73.8 Å². The molecule has 1 aliphatic carbocycles. The quantitative estimate of drug-likeness (QED) is 0.541. The van der Waals surface area contributed by atoms with Gasteiger partial charge in [-0.05, 0) is 40.2 Å². The van der Waals surface area contributed by atoms with Gasteiger partial charge < -0.3 is 10.6 Å². The monoisotopic (exact) mass is 316 g/mol. The Morgan fingerprint density at radius 2 is 2.10 bits per heavy atom. The molecule has 122 valence electrons. The molecule has 7 heteroatoms. The minimum absolute atomic E-state index is 0.00994. The van der Waals surface area contributed by atoms with Crippen molar-refractivity contribution in [3.8, 4) is 0 Å². The van der Waals surface area contributed by atoms with E-state index < -0.39 is 9.84 Å². The number of nitrogens with one attached hydrogen (secondary N) is 2. The van der Waals surface area contributed by atoms with Crippen LogP contribution in [-0.2, 0) is 9.84 Å². The van der Waals surface area contributed by atoms with Gasteiger partial charge in [-0.15, -0.1) is 0 Å². The highest BCUT2D eigenvalue weighted by atomic mass is 32.2. The first-order chi connectivity index (χ1) is 9.91. The van der Waals surface area contributed by atoms with E-state index in [1.165, 1.54) is 12.8 Å². The average molecular weight is 316 g/mol. The Kier molecular flexibility index (Phi) is 5.48. The molecule has 6 nitrogen and oxygen atoms in total. The molecule has 0 aromatic rings. The Morgan fingerprint density at radius 3 is 2.62 bits per heavy atom. The number of likely N-dealkylation sites (N-methyl/N-ethyl adjacent to an activating group) is 1. The number of hydrogen-bond acceptors (Lipinski definition) is 4. The largest absolute Gasteiger partial charge is 0.357 e. The van der Waals surface area contributed by atoms with Gasteiger partial charge in [0.25, 0.3) is 0 Å². The van der Waals surface area contributed by atoms with Gasteiger partial charge in [-0.1, -0.05) is 0 Å². The van der Waals surface area contributed by atoms with Crippen LogP contribution in [0.3, 0.4) is 0 Å². The molecule has 0 amide bonds. The Labute approximate surface area is 128 Å². The van der Waals surface area contributed by atoms with Crippen molar-refractivity contribution in [2.75, 3.05) is 31.6 Å². The van der Waals surface area contributed by atoms with Crippen molar-refractivity contribution in [3.63, 3.8) is 0 Å². The lowest BCUT2D eigenvalue weighted by Crippen LogP contribution is -2.45. The normalized spacial score (nSPS) is 26.9. The van der Waals surface area contributed by atoms with Crippen LogP contribution in [0.15, 0.2) is 4.99 Å². The predicted molar refractivity (Wildman–Crippen MR) is 86.4 cm³/mol. The summed E-state index contributed by atoms with van der Waals surface area (Å²) in [6.45, 7) is 5.70. The fourth-order valence-electron chi connectivity index (χ4n) is 2.62. The van der Waals surface area contributed by atoms with Crippen LogP contribution in [0.2, 0.25) is 0 Å². The van der Waals surface area contributed by atoms with Crippen LogP contribution in [0, 0.1) is 0 Å². The second-order valence-electron chi connectivity index (χ2n) is 6.21. The number of nitrogens with zero attached hydrogens (tertiary/aromatic N) is 2. The molecule has 2 rings (SSSR count). The number of aliphatic imine (C=N–C) groups is 1. The summed E-state index contributed by atoms with van der Waals surface area (Å²) in [5.74, 6) is 1.23. The molecule has 2 unspecified atom stereocenters. The highest BCUT2D eigenvalue weighted by Crippen LogP contribution is 2.26. The standard InChI is InChI=1S/C14H28N4O2S/c1-4-15-14(17-12-7-8-21(19,20)10-12)16-9-11(2)18(3)13-5-6-13/h11-13H,4-10H2,1-3H3,(H2,15,16,17). The Hall–Kier alpha value is -0.820. The molecule has 1 saturated carbocycles. The first kappa shape index (κ1) is 16.5. The SMILES string of the molecule is CCNC(=NCC(C)N(C)C1CC1)NC1CCS(=O)(=O)C1. The van der Waals surface area contributed by atoms with E-state index in [-0.39, 0.29) is 17.5 Å². The summed E-state index contributed by atoms with van der Waals surface area (Å²) in [6, 6.07) is 1.12. The molecule has 2 atom stereocenters.